The second-order valence-corrected chi connectivity index (χ2v) is 5.63. The Kier molecular flexibility index (Phi) is 5.14. The van der Waals surface area contributed by atoms with Crippen molar-refractivity contribution >= 4 is 11.8 Å². The van der Waals surface area contributed by atoms with Crippen molar-refractivity contribution in [3.8, 4) is 0 Å². The number of nitrogens with zero attached hydrogens (tertiary/aromatic N) is 1. The summed E-state index contributed by atoms with van der Waals surface area (Å²) < 4.78 is 0. The number of carbonyl (C=O) groups is 2. The Bertz CT molecular complexity index is 311. The molecule has 0 saturated heterocycles. The largest absolute Gasteiger partial charge is 0.393 e. The standard InChI is InChI=1S/C13H24N2O3/c1-8(2)12(14-9(3)16)13(18)15(4)7-10-5-11(17)6-10/h8,10-12,17H,5-7H2,1-4H3,(H,14,16). The number of amides is 2. The molecule has 5 heteroatoms. The fourth-order valence-corrected chi connectivity index (χ4v) is 2.30. The fourth-order valence-electron chi connectivity index (χ4n) is 2.30. The maximum absolute atomic E-state index is 12.2. The van der Waals surface area contributed by atoms with Crippen LogP contribution in [-0.4, -0.2) is 47.6 Å². The third-order valence-electron chi connectivity index (χ3n) is 3.41. The topological polar surface area (TPSA) is 69.6 Å². The summed E-state index contributed by atoms with van der Waals surface area (Å²) in [6, 6.07) is -0.461. The van der Waals surface area contributed by atoms with Crippen LogP contribution in [-0.2, 0) is 9.59 Å². The van der Waals surface area contributed by atoms with Crippen molar-refractivity contribution in [2.24, 2.45) is 11.8 Å². The summed E-state index contributed by atoms with van der Waals surface area (Å²) in [7, 11) is 1.75. The van der Waals surface area contributed by atoms with Crippen molar-refractivity contribution in [2.45, 2.75) is 45.8 Å². The van der Waals surface area contributed by atoms with Crippen LogP contribution in [0.15, 0.2) is 0 Å². The molecule has 0 aliphatic heterocycles. The number of carbonyl (C=O) groups excluding carboxylic acids is 2. The summed E-state index contributed by atoms with van der Waals surface area (Å²) in [4.78, 5) is 25.0. The molecule has 1 aliphatic carbocycles. The van der Waals surface area contributed by atoms with Crippen LogP contribution in [0.25, 0.3) is 0 Å². The first-order chi connectivity index (χ1) is 8.31. The number of hydrogen-bond acceptors (Lipinski definition) is 3. The second kappa shape index (κ2) is 6.18. The Hall–Kier alpha value is -1.10. The van der Waals surface area contributed by atoms with Gasteiger partial charge < -0.3 is 15.3 Å². The number of nitrogens with one attached hydrogen (secondary N) is 1. The molecule has 2 N–H and O–H groups in total. The highest BCUT2D eigenvalue weighted by molar-refractivity contribution is 5.86. The molecule has 1 unspecified atom stereocenters. The Morgan fingerprint density at radius 2 is 1.94 bits per heavy atom. The van der Waals surface area contributed by atoms with E-state index in [2.05, 4.69) is 5.32 Å². The number of hydrogen-bond donors (Lipinski definition) is 2. The average Bonchev–Trinajstić information content (AvgIpc) is 2.22. The average molecular weight is 256 g/mol. The van der Waals surface area contributed by atoms with E-state index in [1.807, 2.05) is 13.8 Å². The van der Waals surface area contributed by atoms with Crippen LogP contribution in [0.2, 0.25) is 0 Å². The van der Waals surface area contributed by atoms with Gasteiger partial charge in [0.2, 0.25) is 11.8 Å². The Labute approximate surface area is 109 Å². The van der Waals surface area contributed by atoms with E-state index in [9.17, 15) is 14.7 Å². The minimum atomic E-state index is -0.461. The summed E-state index contributed by atoms with van der Waals surface area (Å²) in [5, 5.41) is 11.9. The van der Waals surface area contributed by atoms with Crippen molar-refractivity contribution in [1.29, 1.82) is 0 Å². The number of rotatable bonds is 5. The van der Waals surface area contributed by atoms with E-state index in [1.165, 1.54) is 6.92 Å². The Morgan fingerprint density at radius 1 is 1.39 bits per heavy atom. The van der Waals surface area contributed by atoms with Gasteiger partial charge in [-0.25, -0.2) is 0 Å². The molecule has 104 valence electrons. The molecule has 1 aliphatic rings. The van der Waals surface area contributed by atoms with Crippen LogP contribution in [0, 0.1) is 11.8 Å². The molecule has 0 aromatic rings. The van der Waals surface area contributed by atoms with Gasteiger partial charge in [-0.1, -0.05) is 13.8 Å². The predicted molar refractivity (Wildman–Crippen MR) is 68.8 cm³/mol. The lowest BCUT2D eigenvalue weighted by atomic mass is 9.82. The van der Waals surface area contributed by atoms with Gasteiger partial charge in [-0.3, -0.25) is 9.59 Å². The summed E-state index contributed by atoms with van der Waals surface area (Å²) in [6.45, 7) is 5.91. The van der Waals surface area contributed by atoms with Crippen molar-refractivity contribution in [1.82, 2.24) is 10.2 Å². The van der Waals surface area contributed by atoms with Crippen molar-refractivity contribution < 1.29 is 14.7 Å². The Balaban J connectivity index is 2.50. The van der Waals surface area contributed by atoms with Crippen molar-refractivity contribution in [2.75, 3.05) is 13.6 Å². The third kappa shape index (κ3) is 3.98. The van der Waals surface area contributed by atoms with E-state index in [-0.39, 0.29) is 23.8 Å². The molecule has 0 spiro atoms. The molecule has 0 heterocycles. The lowest BCUT2D eigenvalue weighted by Gasteiger charge is -2.36. The molecule has 18 heavy (non-hydrogen) atoms. The van der Waals surface area contributed by atoms with Crippen LogP contribution in [0.3, 0.4) is 0 Å². The number of aliphatic hydroxyl groups excluding tert-OH is 1. The number of likely N-dealkylation sites (N-methyl/N-ethyl adjacent to an activating group) is 1. The molecule has 0 aromatic carbocycles. The zero-order valence-corrected chi connectivity index (χ0v) is 11.6. The van der Waals surface area contributed by atoms with Gasteiger partial charge in [0, 0.05) is 20.5 Å². The highest BCUT2D eigenvalue weighted by atomic mass is 16.3. The first-order valence-corrected chi connectivity index (χ1v) is 6.51. The molecule has 2 amide bonds. The highest BCUT2D eigenvalue weighted by Gasteiger charge is 2.32. The molecule has 1 atom stereocenters. The van der Waals surface area contributed by atoms with Gasteiger partial charge in [0.1, 0.15) is 6.04 Å². The molecule has 0 aromatic heterocycles. The molecule has 1 fully saturated rings. The maximum Gasteiger partial charge on any atom is 0.245 e. The third-order valence-corrected chi connectivity index (χ3v) is 3.41. The van der Waals surface area contributed by atoms with Crippen LogP contribution >= 0.6 is 0 Å². The second-order valence-electron chi connectivity index (χ2n) is 5.63. The van der Waals surface area contributed by atoms with Gasteiger partial charge >= 0.3 is 0 Å². The first kappa shape index (κ1) is 15.0. The molecule has 0 radical (unpaired) electrons. The minimum Gasteiger partial charge on any atom is -0.393 e. The van der Waals surface area contributed by atoms with Gasteiger partial charge in [-0.15, -0.1) is 0 Å². The summed E-state index contributed by atoms with van der Waals surface area (Å²) >= 11 is 0. The normalized spacial score (nSPS) is 24.3. The molecular formula is C13H24N2O3. The summed E-state index contributed by atoms with van der Waals surface area (Å²) in [5.41, 5.74) is 0. The van der Waals surface area contributed by atoms with Gasteiger partial charge in [0.15, 0.2) is 0 Å². The first-order valence-electron chi connectivity index (χ1n) is 6.51. The van der Waals surface area contributed by atoms with Crippen molar-refractivity contribution in [3.05, 3.63) is 0 Å². The van der Waals surface area contributed by atoms with Crippen LogP contribution < -0.4 is 5.32 Å². The van der Waals surface area contributed by atoms with Gasteiger partial charge in [-0.2, -0.15) is 0 Å². The lowest BCUT2D eigenvalue weighted by molar-refractivity contribution is -0.137. The SMILES string of the molecule is CC(=O)NC(C(=O)N(C)CC1CC(O)C1)C(C)C. The minimum absolute atomic E-state index is 0.0541. The maximum atomic E-state index is 12.2. The van der Waals surface area contributed by atoms with Crippen LogP contribution in [0.1, 0.15) is 33.6 Å². The lowest BCUT2D eigenvalue weighted by Crippen LogP contribution is -2.51. The van der Waals surface area contributed by atoms with Gasteiger partial charge in [-0.05, 0) is 24.7 Å². The summed E-state index contributed by atoms with van der Waals surface area (Å²) in [6.07, 6.45) is 1.34. The van der Waals surface area contributed by atoms with E-state index in [0.717, 1.165) is 12.8 Å². The van der Waals surface area contributed by atoms with E-state index >= 15 is 0 Å². The Morgan fingerprint density at radius 3 is 2.33 bits per heavy atom. The quantitative estimate of drug-likeness (QED) is 0.747. The fraction of sp³-hybridized carbons (Fsp3) is 0.846. The molecule has 5 nitrogen and oxygen atoms in total. The van der Waals surface area contributed by atoms with Crippen LogP contribution in [0.5, 0.6) is 0 Å². The molecule has 1 saturated carbocycles. The van der Waals surface area contributed by atoms with Crippen LogP contribution in [0.4, 0.5) is 0 Å². The molecular weight excluding hydrogens is 232 g/mol. The smallest absolute Gasteiger partial charge is 0.245 e. The molecule has 0 bridgehead atoms. The van der Waals surface area contributed by atoms with E-state index in [4.69, 9.17) is 0 Å². The van der Waals surface area contributed by atoms with E-state index in [0.29, 0.717) is 12.5 Å². The van der Waals surface area contributed by atoms with E-state index < -0.39 is 6.04 Å². The van der Waals surface area contributed by atoms with Gasteiger partial charge in [0.25, 0.3) is 0 Å². The zero-order chi connectivity index (χ0) is 13.9. The predicted octanol–water partition coefficient (Wildman–Crippen LogP) is 0.376. The van der Waals surface area contributed by atoms with Gasteiger partial charge in [0.05, 0.1) is 6.10 Å². The monoisotopic (exact) mass is 256 g/mol. The summed E-state index contributed by atoms with van der Waals surface area (Å²) in [5.74, 6) is 0.214. The highest BCUT2D eigenvalue weighted by Crippen LogP contribution is 2.27. The zero-order valence-electron chi connectivity index (χ0n) is 11.6. The number of aliphatic hydroxyl groups is 1. The van der Waals surface area contributed by atoms with E-state index in [1.54, 1.807) is 11.9 Å². The molecule has 1 rings (SSSR count). The van der Waals surface area contributed by atoms with Crippen molar-refractivity contribution in [3.63, 3.8) is 0 Å².